The molecule has 0 radical (unpaired) electrons. The molecular weight excluding hydrogens is 383 g/mol. The molecule has 1 atom stereocenters. The molecule has 156 valence electrons. The average Bonchev–Trinajstić information content (AvgIpc) is 3.50. The molecule has 1 aromatic heterocycles. The van der Waals surface area contributed by atoms with E-state index in [1.807, 2.05) is 6.07 Å². The van der Waals surface area contributed by atoms with E-state index in [0.29, 0.717) is 40.6 Å². The van der Waals surface area contributed by atoms with Crippen LogP contribution in [0.15, 0.2) is 42.5 Å². The molecule has 30 heavy (non-hydrogen) atoms. The number of aromatic hydroxyl groups is 1. The molecule has 7 heteroatoms. The highest BCUT2D eigenvalue weighted by atomic mass is 19.1. The Morgan fingerprint density at radius 3 is 2.83 bits per heavy atom. The lowest BCUT2D eigenvalue weighted by molar-refractivity contribution is -0.122. The van der Waals surface area contributed by atoms with Crippen molar-refractivity contribution in [2.45, 2.75) is 19.3 Å². The van der Waals surface area contributed by atoms with E-state index in [0.717, 1.165) is 32.4 Å². The van der Waals surface area contributed by atoms with Crippen molar-refractivity contribution < 1.29 is 15.7 Å². The van der Waals surface area contributed by atoms with Crippen LogP contribution >= 0.6 is 0 Å². The molecule has 2 fully saturated rings. The lowest BCUT2D eigenvalue weighted by Crippen LogP contribution is -2.32. The van der Waals surface area contributed by atoms with E-state index in [1.54, 1.807) is 24.3 Å². The predicted octanol–water partition coefficient (Wildman–Crippen LogP) is 3.74. The number of hydrogen-bond donors (Lipinski definition) is 2. The molecule has 3 aromatic rings. The van der Waals surface area contributed by atoms with E-state index < -0.39 is 0 Å². The van der Waals surface area contributed by atoms with E-state index in [9.17, 15) is 14.3 Å². The average molecular weight is 408 g/mol. The van der Waals surface area contributed by atoms with Gasteiger partial charge in [-0.2, -0.15) is 0 Å². The fourth-order valence-electron chi connectivity index (χ4n) is 4.04. The number of benzene rings is 2. The summed E-state index contributed by atoms with van der Waals surface area (Å²) in [5.41, 5.74) is 1.17. The van der Waals surface area contributed by atoms with Gasteiger partial charge in [-0.1, -0.05) is 12.1 Å². The van der Waals surface area contributed by atoms with Gasteiger partial charge in [-0.3, -0.25) is 4.79 Å². The van der Waals surface area contributed by atoms with Crippen molar-refractivity contribution in [2.24, 2.45) is 11.8 Å². The number of anilines is 1. The molecule has 2 aliphatic rings. The first-order valence-electron chi connectivity index (χ1n) is 10.4. The molecular formula is C23H25FN4O2. The maximum absolute atomic E-state index is 14.0. The van der Waals surface area contributed by atoms with E-state index in [2.05, 4.69) is 15.2 Å². The number of fused-ring (bicyclic) bond motifs is 1. The van der Waals surface area contributed by atoms with Gasteiger partial charge in [-0.15, -0.1) is 0 Å². The summed E-state index contributed by atoms with van der Waals surface area (Å²) in [5, 5.41) is 14.0. The SMILES string of the molecule is O=C(NC[C@@H]1CCN(c2nc(-c3ccccc3O)nc3ccc(F)cc23)C1)C1CC1.[HH]. The number of aromatic nitrogens is 2. The lowest BCUT2D eigenvalue weighted by Gasteiger charge is -2.20. The van der Waals surface area contributed by atoms with Crippen LogP contribution in [0.2, 0.25) is 0 Å². The van der Waals surface area contributed by atoms with Crippen LogP contribution in [-0.2, 0) is 4.79 Å². The van der Waals surface area contributed by atoms with Crippen LogP contribution in [-0.4, -0.2) is 40.6 Å². The first-order chi connectivity index (χ1) is 14.6. The minimum Gasteiger partial charge on any atom is -0.507 e. The number of para-hydroxylation sites is 1. The summed E-state index contributed by atoms with van der Waals surface area (Å²) in [4.78, 5) is 23.4. The minimum atomic E-state index is -0.338. The van der Waals surface area contributed by atoms with Gasteiger partial charge in [0.05, 0.1) is 11.1 Å². The van der Waals surface area contributed by atoms with Crippen molar-refractivity contribution in [1.29, 1.82) is 0 Å². The van der Waals surface area contributed by atoms with Gasteiger partial charge in [-0.25, -0.2) is 14.4 Å². The molecule has 2 aromatic carbocycles. The van der Waals surface area contributed by atoms with Gasteiger partial charge in [0, 0.05) is 32.4 Å². The van der Waals surface area contributed by atoms with E-state index in [-0.39, 0.29) is 24.8 Å². The normalized spacial score (nSPS) is 18.7. The quantitative estimate of drug-likeness (QED) is 0.672. The molecule has 0 spiro atoms. The number of phenols is 1. The molecule has 0 unspecified atom stereocenters. The number of rotatable bonds is 5. The van der Waals surface area contributed by atoms with E-state index >= 15 is 0 Å². The standard InChI is InChI=1S/C23H23FN4O2.H2/c24-16-7-8-19-18(11-16)22(27-21(26-19)17-3-1-2-4-20(17)29)28-10-9-14(13-28)12-25-23(30)15-5-6-15;/h1-4,7-8,11,14-15,29H,5-6,9-10,12-13H2,(H,25,30);1H/t14-;/m0./s1. The van der Waals surface area contributed by atoms with Gasteiger partial charge in [0.15, 0.2) is 5.82 Å². The molecule has 1 amide bonds. The number of amides is 1. The number of hydrogen-bond acceptors (Lipinski definition) is 5. The Labute approximate surface area is 175 Å². The van der Waals surface area contributed by atoms with Crippen molar-refractivity contribution >= 4 is 22.6 Å². The van der Waals surface area contributed by atoms with Crippen molar-refractivity contribution in [3.63, 3.8) is 0 Å². The van der Waals surface area contributed by atoms with Crippen LogP contribution < -0.4 is 10.2 Å². The third-order valence-corrected chi connectivity index (χ3v) is 5.88. The van der Waals surface area contributed by atoms with Crippen LogP contribution in [0.5, 0.6) is 5.75 Å². The van der Waals surface area contributed by atoms with Gasteiger partial charge in [0.25, 0.3) is 0 Å². The van der Waals surface area contributed by atoms with Crippen LogP contribution in [0, 0.1) is 17.7 Å². The highest BCUT2D eigenvalue weighted by Gasteiger charge is 2.31. The second kappa shape index (κ2) is 7.55. The largest absolute Gasteiger partial charge is 0.507 e. The highest BCUT2D eigenvalue weighted by Crippen LogP contribution is 2.34. The van der Waals surface area contributed by atoms with E-state index in [1.165, 1.54) is 12.1 Å². The predicted molar refractivity (Wildman–Crippen MR) is 115 cm³/mol. The summed E-state index contributed by atoms with van der Waals surface area (Å²) in [6.45, 7) is 2.15. The molecule has 1 saturated carbocycles. The summed E-state index contributed by atoms with van der Waals surface area (Å²) in [6.07, 6.45) is 2.92. The Balaban J connectivity index is 0.00000231. The van der Waals surface area contributed by atoms with Crippen molar-refractivity contribution in [3.8, 4) is 17.1 Å². The van der Waals surface area contributed by atoms with Crippen LogP contribution in [0.3, 0.4) is 0 Å². The van der Waals surface area contributed by atoms with Gasteiger partial charge in [-0.05, 0) is 55.5 Å². The molecule has 2 N–H and O–H groups in total. The molecule has 1 saturated heterocycles. The minimum absolute atomic E-state index is 0. The topological polar surface area (TPSA) is 78.4 Å². The number of halogens is 1. The van der Waals surface area contributed by atoms with Gasteiger partial charge in [0.1, 0.15) is 17.4 Å². The molecule has 2 heterocycles. The number of carbonyl (C=O) groups is 1. The summed E-state index contributed by atoms with van der Waals surface area (Å²) < 4.78 is 14.0. The second-order valence-electron chi connectivity index (χ2n) is 8.17. The van der Waals surface area contributed by atoms with Gasteiger partial charge >= 0.3 is 0 Å². The second-order valence-corrected chi connectivity index (χ2v) is 8.17. The number of carbonyl (C=O) groups excluding carboxylic acids is 1. The fourth-order valence-corrected chi connectivity index (χ4v) is 4.04. The van der Waals surface area contributed by atoms with Crippen LogP contribution in [0.4, 0.5) is 10.2 Å². The molecule has 5 rings (SSSR count). The van der Waals surface area contributed by atoms with Crippen LogP contribution in [0.1, 0.15) is 20.7 Å². The van der Waals surface area contributed by atoms with Crippen molar-refractivity contribution in [3.05, 3.63) is 48.3 Å². The fraction of sp³-hybridized carbons (Fsp3) is 0.348. The number of phenolic OH excluding ortho intramolecular Hbond substituents is 1. The van der Waals surface area contributed by atoms with Gasteiger partial charge < -0.3 is 15.3 Å². The summed E-state index contributed by atoms with van der Waals surface area (Å²) in [5.74, 6) is 1.52. The van der Waals surface area contributed by atoms with Gasteiger partial charge in [0.2, 0.25) is 5.91 Å². The smallest absolute Gasteiger partial charge is 0.223 e. The highest BCUT2D eigenvalue weighted by molar-refractivity contribution is 5.91. The Morgan fingerprint density at radius 1 is 1.20 bits per heavy atom. The maximum Gasteiger partial charge on any atom is 0.223 e. The number of nitrogens with zero attached hydrogens (tertiary/aromatic N) is 3. The zero-order chi connectivity index (χ0) is 20.7. The molecule has 1 aliphatic carbocycles. The summed E-state index contributed by atoms with van der Waals surface area (Å²) >= 11 is 0. The first kappa shape index (κ1) is 18.8. The van der Waals surface area contributed by atoms with E-state index in [4.69, 9.17) is 4.98 Å². The zero-order valence-electron chi connectivity index (χ0n) is 16.5. The van der Waals surface area contributed by atoms with Crippen molar-refractivity contribution in [1.82, 2.24) is 15.3 Å². The maximum atomic E-state index is 14.0. The Hall–Kier alpha value is -3.22. The third kappa shape index (κ3) is 3.67. The first-order valence-corrected chi connectivity index (χ1v) is 10.4. The Bertz CT molecular complexity index is 1120. The number of nitrogens with one attached hydrogen (secondary N) is 1. The molecule has 1 aliphatic heterocycles. The lowest BCUT2D eigenvalue weighted by atomic mass is 10.1. The summed E-state index contributed by atoms with van der Waals surface area (Å²) in [7, 11) is 0. The van der Waals surface area contributed by atoms with Crippen LogP contribution in [0.25, 0.3) is 22.3 Å². The monoisotopic (exact) mass is 408 g/mol. The third-order valence-electron chi connectivity index (χ3n) is 5.88. The Kier molecular flexibility index (Phi) is 4.73. The molecule has 0 bridgehead atoms. The zero-order valence-corrected chi connectivity index (χ0v) is 16.5. The summed E-state index contributed by atoms with van der Waals surface area (Å²) in [6, 6.07) is 11.4. The molecule has 6 nitrogen and oxygen atoms in total. The van der Waals surface area contributed by atoms with Crippen molar-refractivity contribution in [2.75, 3.05) is 24.5 Å². The Morgan fingerprint density at radius 2 is 2.03 bits per heavy atom.